The molecule has 2 aromatic carbocycles. The van der Waals surface area contributed by atoms with Gasteiger partial charge in [0.25, 0.3) is 0 Å². The van der Waals surface area contributed by atoms with Crippen LogP contribution in [0.15, 0.2) is 60.7 Å². The maximum absolute atomic E-state index is 13.2. The van der Waals surface area contributed by atoms with E-state index >= 15 is 0 Å². The average molecular weight is 273 g/mol. The summed E-state index contributed by atoms with van der Waals surface area (Å²) in [4.78, 5) is 0. The highest BCUT2D eigenvalue weighted by Gasteiger charge is 2.09. The lowest BCUT2D eigenvalue weighted by molar-refractivity contribution is 0.625. The summed E-state index contributed by atoms with van der Waals surface area (Å²) in [5.74, 6) is -0.315. The highest BCUT2D eigenvalue weighted by molar-refractivity contribution is 6.30. The molecule has 0 N–H and O–H groups in total. The minimum absolute atomic E-state index is 0.315. The summed E-state index contributed by atoms with van der Waals surface area (Å²) in [5, 5.41) is 4.86. The third kappa shape index (κ3) is 2.37. The summed E-state index contributed by atoms with van der Waals surface area (Å²) < 4.78 is 14.8. The van der Waals surface area contributed by atoms with Gasteiger partial charge in [-0.3, -0.25) is 0 Å². The van der Waals surface area contributed by atoms with Gasteiger partial charge < -0.3 is 0 Å². The molecular weight excluding hydrogens is 263 g/mol. The molecule has 2 nitrogen and oxygen atoms in total. The van der Waals surface area contributed by atoms with Gasteiger partial charge in [0.2, 0.25) is 0 Å². The van der Waals surface area contributed by atoms with Gasteiger partial charge in [0.05, 0.1) is 11.4 Å². The monoisotopic (exact) mass is 272 g/mol. The maximum Gasteiger partial charge on any atom is 0.133 e. The lowest BCUT2D eigenvalue weighted by atomic mass is 10.2. The molecule has 3 rings (SSSR count). The topological polar surface area (TPSA) is 17.8 Å². The van der Waals surface area contributed by atoms with E-state index in [-0.39, 0.29) is 5.82 Å². The number of aromatic nitrogens is 2. The second-order valence-electron chi connectivity index (χ2n) is 4.11. The summed E-state index contributed by atoms with van der Waals surface area (Å²) in [5.41, 5.74) is 2.33. The molecule has 0 radical (unpaired) electrons. The molecule has 4 heteroatoms. The Morgan fingerprint density at radius 1 is 0.947 bits per heavy atom. The molecule has 19 heavy (non-hydrogen) atoms. The van der Waals surface area contributed by atoms with Crippen molar-refractivity contribution in [2.24, 2.45) is 0 Å². The van der Waals surface area contributed by atoms with Crippen LogP contribution >= 0.6 is 11.6 Å². The van der Waals surface area contributed by atoms with Gasteiger partial charge >= 0.3 is 0 Å². The molecule has 0 saturated heterocycles. The highest BCUT2D eigenvalue weighted by Crippen LogP contribution is 2.24. The van der Waals surface area contributed by atoms with E-state index in [2.05, 4.69) is 5.10 Å². The second kappa shape index (κ2) is 4.86. The van der Waals surface area contributed by atoms with Crippen LogP contribution in [-0.4, -0.2) is 9.78 Å². The second-order valence-corrected chi connectivity index (χ2v) is 4.50. The number of rotatable bonds is 2. The molecule has 0 atom stereocenters. The van der Waals surface area contributed by atoms with Crippen LogP contribution in [0.2, 0.25) is 5.15 Å². The predicted molar refractivity (Wildman–Crippen MR) is 74.0 cm³/mol. The standard InChI is InChI=1S/C15H10ClFN2/c16-15-10-14(11-5-2-1-3-6-11)18-19(15)13-8-4-7-12(17)9-13/h1-10H. The fourth-order valence-corrected chi connectivity index (χ4v) is 2.14. The number of nitrogens with zero attached hydrogens (tertiary/aromatic N) is 2. The van der Waals surface area contributed by atoms with Crippen molar-refractivity contribution < 1.29 is 4.39 Å². The summed E-state index contributed by atoms with van der Waals surface area (Å²) in [6, 6.07) is 17.7. The summed E-state index contributed by atoms with van der Waals surface area (Å²) >= 11 is 6.16. The Labute approximate surface area is 115 Å². The highest BCUT2D eigenvalue weighted by atomic mass is 35.5. The van der Waals surface area contributed by atoms with Crippen LogP contribution in [0.25, 0.3) is 16.9 Å². The summed E-state index contributed by atoms with van der Waals surface area (Å²) in [7, 11) is 0. The molecule has 0 saturated carbocycles. The Kier molecular flexibility index (Phi) is 3.05. The smallest absolute Gasteiger partial charge is 0.133 e. The minimum Gasteiger partial charge on any atom is -0.221 e. The van der Waals surface area contributed by atoms with Gasteiger partial charge in [0.1, 0.15) is 11.0 Å². The van der Waals surface area contributed by atoms with E-state index in [1.807, 2.05) is 30.3 Å². The number of hydrogen-bond donors (Lipinski definition) is 0. The Morgan fingerprint density at radius 3 is 2.47 bits per heavy atom. The molecule has 0 bridgehead atoms. The fraction of sp³-hybridized carbons (Fsp3) is 0. The SMILES string of the molecule is Fc1cccc(-n2nc(-c3ccccc3)cc2Cl)c1. The first-order chi connectivity index (χ1) is 9.24. The molecule has 0 aliphatic rings. The fourth-order valence-electron chi connectivity index (χ4n) is 1.90. The lowest BCUT2D eigenvalue weighted by Crippen LogP contribution is -1.97. The van der Waals surface area contributed by atoms with Gasteiger partial charge in [-0.2, -0.15) is 5.10 Å². The van der Waals surface area contributed by atoms with Gasteiger partial charge in [-0.05, 0) is 18.2 Å². The Balaban J connectivity index is 2.08. The largest absolute Gasteiger partial charge is 0.221 e. The van der Waals surface area contributed by atoms with Crippen LogP contribution in [0, 0.1) is 5.82 Å². The first-order valence-electron chi connectivity index (χ1n) is 5.81. The minimum atomic E-state index is -0.315. The Bertz CT molecular complexity index is 707. The van der Waals surface area contributed by atoms with Crippen molar-refractivity contribution in [3.05, 3.63) is 71.6 Å². The first-order valence-corrected chi connectivity index (χ1v) is 6.19. The number of halogens is 2. The zero-order valence-electron chi connectivity index (χ0n) is 9.92. The van der Waals surface area contributed by atoms with Crippen molar-refractivity contribution in [1.82, 2.24) is 9.78 Å². The molecule has 0 fully saturated rings. The normalized spacial score (nSPS) is 10.6. The van der Waals surface area contributed by atoms with Crippen molar-refractivity contribution in [2.75, 3.05) is 0 Å². The van der Waals surface area contributed by atoms with Gasteiger partial charge in [-0.15, -0.1) is 0 Å². The number of benzene rings is 2. The lowest BCUT2D eigenvalue weighted by Gasteiger charge is -2.02. The molecule has 0 amide bonds. The molecule has 0 spiro atoms. The molecule has 0 aliphatic heterocycles. The van der Waals surface area contributed by atoms with Crippen molar-refractivity contribution >= 4 is 11.6 Å². The van der Waals surface area contributed by atoms with Gasteiger partial charge in [0, 0.05) is 11.6 Å². The third-order valence-corrected chi connectivity index (χ3v) is 3.06. The van der Waals surface area contributed by atoms with E-state index in [0.29, 0.717) is 10.8 Å². The van der Waals surface area contributed by atoms with Gasteiger partial charge in [0.15, 0.2) is 0 Å². The first kappa shape index (κ1) is 11.9. The van der Waals surface area contributed by atoms with Gasteiger partial charge in [-0.1, -0.05) is 48.0 Å². The maximum atomic E-state index is 13.2. The Hall–Kier alpha value is -2.13. The predicted octanol–water partition coefficient (Wildman–Crippen LogP) is 4.33. The van der Waals surface area contributed by atoms with E-state index in [0.717, 1.165) is 11.3 Å². The van der Waals surface area contributed by atoms with Crippen LogP contribution in [0.5, 0.6) is 0 Å². The van der Waals surface area contributed by atoms with E-state index in [9.17, 15) is 4.39 Å². The van der Waals surface area contributed by atoms with E-state index in [1.165, 1.54) is 16.8 Å². The van der Waals surface area contributed by atoms with Crippen molar-refractivity contribution in [2.45, 2.75) is 0 Å². The van der Waals surface area contributed by atoms with Crippen LogP contribution in [0.3, 0.4) is 0 Å². The van der Waals surface area contributed by atoms with E-state index in [1.54, 1.807) is 18.2 Å². The van der Waals surface area contributed by atoms with Crippen LogP contribution in [0.1, 0.15) is 0 Å². The van der Waals surface area contributed by atoms with Crippen molar-refractivity contribution in [3.63, 3.8) is 0 Å². The third-order valence-electron chi connectivity index (χ3n) is 2.79. The van der Waals surface area contributed by atoms with Crippen LogP contribution < -0.4 is 0 Å². The molecule has 0 unspecified atom stereocenters. The zero-order valence-corrected chi connectivity index (χ0v) is 10.7. The molecular formula is C15H10ClFN2. The van der Waals surface area contributed by atoms with E-state index in [4.69, 9.17) is 11.6 Å². The van der Waals surface area contributed by atoms with Crippen LogP contribution in [0.4, 0.5) is 4.39 Å². The molecule has 0 aliphatic carbocycles. The molecule has 3 aromatic rings. The van der Waals surface area contributed by atoms with Crippen molar-refractivity contribution in [1.29, 1.82) is 0 Å². The van der Waals surface area contributed by atoms with Crippen molar-refractivity contribution in [3.8, 4) is 16.9 Å². The van der Waals surface area contributed by atoms with E-state index < -0.39 is 0 Å². The molecule has 94 valence electrons. The number of hydrogen-bond acceptors (Lipinski definition) is 1. The molecule has 1 aromatic heterocycles. The quantitative estimate of drug-likeness (QED) is 0.679. The van der Waals surface area contributed by atoms with Crippen LogP contribution in [-0.2, 0) is 0 Å². The molecule has 1 heterocycles. The van der Waals surface area contributed by atoms with Gasteiger partial charge in [-0.25, -0.2) is 9.07 Å². The summed E-state index contributed by atoms with van der Waals surface area (Å²) in [6.45, 7) is 0. The Morgan fingerprint density at radius 2 is 1.74 bits per heavy atom. The summed E-state index contributed by atoms with van der Waals surface area (Å²) in [6.07, 6.45) is 0. The average Bonchev–Trinajstić information content (AvgIpc) is 2.82. The zero-order chi connectivity index (χ0) is 13.2.